The Morgan fingerprint density at radius 2 is 1.79 bits per heavy atom. The minimum absolute atomic E-state index is 0.0178. The van der Waals surface area contributed by atoms with Crippen LogP contribution in [0.2, 0.25) is 10.0 Å². The highest BCUT2D eigenvalue weighted by atomic mass is 35.5. The van der Waals surface area contributed by atoms with Gasteiger partial charge in [0.2, 0.25) is 0 Å². The largest absolute Gasteiger partial charge is 0.319 e. The highest BCUT2D eigenvalue weighted by Gasteiger charge is 2.35. The van der Waals surface area contributed by atoms with E-state index in [1.165, 1.54) is 12.1 Å². The fourth-order valence-electron chi connectivity index (χ4n) is 1.44. The Hall–Kier alpha value is -0.350. The molecule has 0 aromatic heterocycles. The highest BCUT2D eigenvalue weighted by Crippen LogP contribution is 2.31. The maximum atomic E-state index is 13.1. The van der Waals surface area contributed by atoms with Crippen LogP contribution in [0.1, 0.15) is 5.56 Å². The molecule has 0 radical (unpaired) electrons. The molecule has 2 nitrogen and oxygen atoms in total. The minimum atomic E-state index is -0.590. The SMILES string of the molecule is NC1(c2cc(Cl)c(F)c(Cl)c2)CNC1. The highest BCUT2D eigenvalue weighted by molar-refractivity contribution is 6.35. The van der Waals surface area contributed by atoms with Crippen LogP contribution >= 0.6 is 23.2 Å². The molecule has 1 saturated heterocycles. The lowest BCUT2D eigenvalue weighted by Gasteiger charge is -2.39. The molecule has 0 spiro atoms. The molecular weight excluding hydrogens is 226 g/mol. The van der Waals surface area contributed by atoms with Crippen LogP contribution in [0.4, 0.5) is 4.39 Å². The molecule has 3 N–H and O–H groups in total. The Labute approximate surface area is 91.2 Å². The summed E-state index contributed by atoms with van der Waals surface area (Å²) in [5.74, 6) is -0.590. The summed E-state index contributed by atoms with van der Waals surface area (Å²) >= 11 is 11.3. The van der Waals surface area contributed by atoms with E-state index < -0.39 is 11.4 Å². The zero-order chi connectivity index (χ0) is 10.3. The van der Waals surface area contributed by atoms with E-state index in [1.807, 2.05) is 0 Å². The van der Waals surface area contributed by atoms with Crippen molar-refractivity contribution in [1.29, 1.82) is 0 Å². The third-order valence-corrected chi connectivity index (χ3v) is 2.99. The number of nitrogens with one attached hydrogen (secondary N) is 1. The summed E-state index contributed by atoms with van der Waals surface area (Å²) in [5.41, 5.74) is 6.32. The van der Waals surface area contributed by atoms with Crippen molar-refractivity contribution in [3.8, 4) is 0 Å². The molecule has 1 aliphatic rings. The van der Waals surface area contributed by atoms with Crippen LogP contribution < -0.4 is 11.1 Å². The number of halogens is 3. The molecule has 0 atom stereocenters. The van der Waals surface area contributed by atoms with E-state index >= 15 is 0 Å². The molecule has 0 bridgehead atoms. The molecule has 14 heavy (non-hydrogen) atoms. The van der Waals surface area contributed by atoms with Crippen LogP contribution in [0.3, 0.4) is 0 Å². The molecule has 1 fully saturated rings. The predicted molar refractivity (Wildman–Crippen MR) is 55.2 cm³/mol. The van der Waals surface area contributed by atoms with Crippen LogP contribution in [0.15, 0.2) is 12.1 Å². The van der Waals surface area contributed by atoms with Crippen LogP contribution in [-0.4, -0.2) is 13.1 Å². The first-order valence-corrected chi connectivity index (χ1v) is 4.93. The first kappa shape index (κ1) is 10.2. The summed E-state index contributed by atoms with van der Waals surface area (Å²) in [5, 5.41) is 3.08. The lowest BCUT2D eigenvalue weighted by Crippen LogP contribution is -2.62. The van der Waals surface area contributed by atoms with Gasteiger partial charge >= 0.3 is 0 Å². The van der Waals surface area contributed by atoms with Gasteiger partial charge in [-0.05, 0) is 17.7 Å². The number of hydrogen-bond donors (Lipinski definition) is 2. The maximum absolute atomic E-state index is 13.1. The van der Waals surface area contributed by atoms with Crippen molar-refractivity contribution in [3.05, 3.63) is 33.6 Å². The zero-order valence-corrected chi connectivity index (χ0v) is 8.79. The van der Waals surface area contributed by atoms with Gasteiger partial charge in [-0.25, -0.2) is 4.39 Å². The molecule has 0 aliphatic carbocycles. The van der Waals surface area contributed by atoms with Crippen LogP contribution in [0, 0.1) is 5.82 Å². The summed E-state index contributed by atoms with van der Waals surface area (Å²) in [7, 11) is 0. The fraction of sp³-hybridized carbons (Fsp3) is 0.333. The fourth-order valence-corrected chi connectivity index (χ4v) is 1.93. The average molecular weight is 235 g/mol. The van der Waals surface area contributed by atoms with Crippen molar-refractivity contribution in [2.75, 3.05) is 13.1 Å². The Bertz CT molecular complexity index is 354. The van der Waals surface area contributed by atoms with Gasteiger partial charge in [0.15, 0.2) is 5.82 Å². The van der Waals surface area contributed by atoms with Crippen LogP contribution in [0.25, 0.3) is 0 Å². The standard InChI is InChI=1S/C9H9Cl2FN2/c10-6-1-5(2-7(11)8(6)12)9(13)3-14-4-9/h1-2,14H,3-4,13H2. The molecule has 0 saturated carbocycles. The second-order valence-corrected chi connectivity index (χ2v) is 4.33. The molecule has 1 heterocycles. The molecule has 1 aromatic carbocycles. The number of nitrogens with two attached hydrogens (primary N) is 1. The first-order chi connectivity index (χ1) is 6.53. The molecule has 0 amide bonds. The smallest absolute Gasteiger partial charge is 0.160 e. The van der Waals surface area contributed by atoms with Crippen molar-refractivity contribution in [2.45, 2.75) is 5.54 Å². The molecule has 2 rings (SSSR count). The summed E-state index contributed by atoms with van der Waals surface area (Å²) in [6.45, 7) is 1.32. The monoisotopic (exact) mass is 234 g/mol. The van der Waals surface area contributed by atoms with Gasteiger partial charge in [-0.15, -0.1) is 0 Å². The van der Waals surface area contributed by atoms with Gasteiger partial charge in [0.25, 0.3) is 0 Å². The summed E-state index contributed by atoms with van der Waals surface area (Å²) in [6, 6.07) is 3.06. The summed E-state index contributed by atoms with van der Waals surface area (Å²) in [6.07, 6.45) is 0. The van der Waals surface area contributed by atoms with E-state index in [1.54, 1.807) is 0 Å². The van der Waals surface area contributed by atoms with Crippen molar-refractivity contribution in [2.24, 2.45) is 5.73 Å². The average Bonchev–Trinajstić information content (AvgIpc) is 2.09. The van der Waals surface area contributed by atoms with Crippen molar-refractivity contribution in [1.82, 2.24) is 5.32 Å². The van der Waals surface area contributed by atoms with Gasteiger partial charge in [0.1, 0.15) is 0 Å². The van der Waals surface area contributed by atoms with Gasteiger partial charge in [-0.2, -0.15) is 0 Å². The van der Waals surface area contributed by atoms with Gasteiger partial charge in [-0.3, -0.25) is 0 Å². The van der Waals surface area contributed by atoms with E-state index in [4.69, 9.17) is 28.9 Å². The third kappa shape index (κ3) is 1.50. The molecule has 0 unspecified atom stereocenters. The number of rotatable bonds is 1. The van der Waals surface area contributed by atoms with Gasteiger partial charge in [0.05, 0.1) is 15.6 Å². The molecule has 5 heteroatoms. The molecule has 76 valence electrons. The van der Waals surface area contributed by atoms with Gasteiger partial charge < -0.3 is 11.1 Å². The molecule has 1 aliphatic heterocycles. The van der Waals surface area contributed by atoms with E-state index in [0.717, 1.165) is 5.56 Å². The second-order valence-electron chi connectivity index (χ2n) is 3.51. The topological polar surface area (TPSA) is 38.0 Å². The summed E-state index contributed by atoms with van der Waals surface area (Å²) in [4.78, 5) is 0. The van der Waals surface area contributed by atoms with Gasteiger partial charge in [-0.1, -0.05) is 23.2 Å². The third-order valence-electron chi connectivity index (χ3n) is 2.44. The van der Waals surface area contributed by atoms with E-state index in [-0.39, 0.29) is 10.0 Å². The van der Waals surface area contributed by atoms with Crippen LogP contribution in [-0.2, 0) is 5.54 Å². The Kier molecular flexibility index (Phi) is 2.43. The summed E-state index contributed by atoms with van der Waals surface area (Å²) < 4.78 is 13.1. The van der Waals surface area contributed by atoms with Gasteiger partial charge in [0, 0.05) is 13.1 Å². The van der Waals surface area contributed by atoms with Crippen LogP contribution in [0.5, 0.6) is 0 Å². The second kappa shape index (κ2) is 3.35. The number of benzene rings is 1. The quantitative estimate of drug-likeness (QED) is 0.729. The van der Waals surface area contributed by atoms with Crippen molar-refractivity contribution in [3.63, 3.8) is 0 Å². The Morgan fingerprint density at radius 3 is 2.14 bits per heavy atom. The lowest BCUT2D eigenvalue weighted by atomic mass is 9.85. The van der Waals surface area contributed by atoms with Crippen molar-refractivity contribution >= 4 is 23.2 Å². The normalized spacial score (nSPS) is 19.1. The minimum Gasteiger partial charge on any atom is -0.319 e. The molecular formula is C9H9Cl2FN2. The predicted octanol–water partition coefficient (Wildman–Crippen LogP) is 1.89. The van der Waals surface area contributed by atoms with E-state index in [9.17, 15) is 4.39 Å². The van der Waals surface area contributed by atoms with E-state index in [0.29, 0.717) is 13.1 Å². The zero-order valence-electron chi connectivity index (χ0n) is 7.28. The Balaban J connectivity index is 2.45. The maximum Gasteiger partial charge on any atom is 0.160 e. The number of hydrogen-bond acceptors (Lipinski definition) is 2. The van der Waals surface area contributed by atoms with E-state index in [2.05, 4.69) is 5.32 Å². The Morgan fingerprint density at radius 1 is 1.29 bits per heavy atom. The van der Waals surface area contributed by atoms with Crippen molar-refractivity contribution < 1.29 is 4.39 Å². The molecule has 1 aromatic rings. The first-order valence-electron chi connectivity index (χ1n) is 4.17. The lowest BCUT2D eigenvalue weighted by molar-refractivity contribution is 0.287.